The van der Waals surface area contributed by atoms with Crippen LogP contribution < -0.4 is 5.32 Å². The van der Waals surface area contributed by atoms with Crippen molar-refractivity contribution >= 4 is 39.6 Å². The Labute approximate surface area is 166 Å². The number of oxazole rings is 1. The molecule has 7 nitrogen and oxygen atoms in total. The number of esters is 1. The molecule has 1 amide bonds. The second kappa shape index (κ2) is 7.71. The molecule has 1 unspecified atom stereocenters. The van der Waals surface area contributed by atoms with Gasteiger partial charge in [0.05, 0.1) is 16.8 Å². The first-order valence-corrected chi connectivity index (χ1v) is 9.27. The van der Waals surface area contributed by atoms with E-state index in [-0.39, 0.29) is 5.56 Å². The number of hydrogen-bond donors (Lipinski definition) is 1. The van der Waals surface area contributed by atoms with Crippen LogP contribution in [-0.4, -0.2) is 27.9 Å². The Hall–Kier alpha value is -3.74. The average molecular weight is 389 g/mol. The lowest BCUT2D eigenvalue weighted by atomic mass is 10.1. The molecule has 0 radical (unpaired) electrons. The summed E-state index contributed by atoms with van der Waals surface area (Å²) >= 11 is 0. The maximum Gasteiger partial charge on any atom is 0.341 e. The minimum Gasteiger partial charge on any atom is -0.449 e. The zero-order valence-electron chi connectivity index (χ0n) is 16.0. The number of rotatable bonds is 5. The van der Waals surface area contributed by atoms with Gasteiger partial charge < -0.3 is 14.5 Å². The molecule has 2 heterocycles. The third-order valence-electron chi connectivity index (χ3n) is 4.60. The first-order valence-electron chi connectivity index (χ1n) is 9.27. The van der Waals surface area contributed by atoms with Gasteiger partial charge in [0.15, 0.2) is 18.1 Å². The topological polar surface area (TPSA) is 94.3 Å². The Balaban J connectivity index is 1.56. The number of nitrogens with zero attached hydrogens (tertiary/aromatic N) is 2. The van der Waals surface area contributed by atoms with Crippen LogP contribution >= 0.6 is 0 Å². The molecule has 4 aromatic rings. The SMILES string of the molecule is CCC(OC(=O)c1cccc2ocnc12)C(=O)Nc1cc(C)nc2ccccc12. The molecule has 0 aliphatic heterocycles. The molecule has 0 saturated heterocycles. The van der Waals surface area contributed by atoms with E-state index < -0.39 is 18.0 Å². The van der Waals surface area contributed by atoms with E-state index in [1.165, 1.54) is 6.39 Å². The van der Waals surface area contributed by atoms with Gasteiger partial charge in [-0.3, -0.25) is 9.78 Å². The number of para-hydroxylation sites is 2. The summed E-state index contributed by atoms with van der Waals surface area (Å²) < 4.78 is 10.7. The third-order valence-corrected chi connectivity index (χ3v) is 4.60. The highest BCUT2D eigenvalue weighted by atomic mass is 16.5. The molecular formula is C22H19N3O4. The first kappa shape index (κ1) is 18.6. The van der Waals surface area contributed by atoms with Crippen LogP contribution in [0.1, 0.15) is 29.4 Å². The summed E-state index contributed by atoms with van der Waals surface area (Å²) in [5.41, 5.74) is 3.34. The van der Waals surface area contributed by atoms with Crippen molar-refractivity contribution in [3.63, 3.8) is 0 Å². The van der Waals surface area contributed by atoms with Gasteiger partial charge in [-0.25, -0.2) is 9.78 Å². The van der Waals surface area contributed by atoms with E-state index in [1.54, 1.807) is 31.2 Å². The monoisotopic (exact) mass is 389 g/mol. The highest BCUT2D eigenvalue weighted by Gasteiger charge is 2.24. The normalized spacial score (nSPS) is 12.1. The molecule has 1 N–H and O–H groups in total. The molecule has 29 heavy (non-hydrogen) atoms. The predicted molar refractivity (Wildman–Crippen MR) is 109 cm³/mol. The lowest BCUT2D eigenvalue weighted by Crippen LogP contribution is -2.32. The summed E-state index contributed by atoms with van der Waals surface area (Å²) in [5.74, 6) is -1.02. The Morgan fingerprint density at radius 1 is 1.17 bits per heavy atom. The average Bonchev–Trinajstić information content (AvgIpc) is 3.20. The van der Waals surface area contributed by atoms with E-state index in [0.717, 1.165) is 16.6 Å². The maximum absolute atomic E-state index is 12.8. The van der Waals surface area contributed by atoms with Gasteiger partial charge in [-0.2, -0.15) is 0 Å². The van der Waals surface area contributed by atoms with Crippen LogP contribution in [0.15, 0.2) is 59.3 Å². The van der Waals surface area contributed by atoms with E-state index in [2.05, 4.69) is 15.3 Å². The molecule has 0 saturated carbocycles. The van der Waals surface area contributed by atoms with Crippen LogP contribution in [-0.2, 0) is 9.53 Å². The highest BCUT2D eigenvalue weighted by Crippen LogP contribution is 2.24. The molecule has 4 rings (SSSR count). The van der Waals surface area contributed by atoms with Gasteiger partial charge in [-0.05, 0) is 37.6 Å². The molecule has 2 aromatic carbocycles. The molecular weight excluding hydrogens is 370 g/mol. The van der Waals surface area contributed by atoms with Gasteiger partial charge in [-0.15, -0.1) is 0 Å². The largest absolute Gasteiger partial charge is 0.449 e. The van der Waals surface area contributed by atoms with Crippen molar-refractivity contribution in [2.75, 3.05) is 5.32 Å². The number of aryl methyl sites for hydroxylation is 1. The summed E-state index contributed by atoms with van der Waals surface area (Å²) in [4.78, 5) is 34.0. The predicted octanol–water partition coefficient (Wildman–Crippen LogP) is 4.26. The summed E-state index contributed by atoms with van der Waals surface area (Å²) in [6, 6.07) is 14.3. The molecule has 0 fully saturated rings. The summed E-state index contributed by atoms with van der Waals surface area (Å²) in [7, 11) is 0. The van der Waals surface area contributed by atoms with E-state index in [0.29, 0.717) is 23.2 Å². The number of hydrogen-bond acceptors (Lipinski definition) is 6. The lowest BCUT2D eigenvalue weighted by Gasteiger charge is -2.17. The lowest BCUT2D eigenvalue weighted by molar-refractivity contribution is -0.124. The van der Waals surface area contributed by atoms with Crippen LogP contribution in [0, 0.1) is 6.92 Å². The summed E-state index contributed by atoms with van der Waals surface area (Å²) in [6.45, 7) is 3.64. The Bertz CT molecular complexity index is 1220. The minimum absolute atomic E-state index is 0.257. The maximum atomic E-state index is 12.8. The van der Waals surface area contributed by atoms with Crippen LogP contribution in [0.4, 0.5) is 5.69 Å². The quantitative estimate of drug-likeness (QED) is 0.513. The van der Waals surface area contributed by atoms with Crippen molar-refractivity contribution in [3.8, 4) is 0 Å². The fourth-order valence-electron chi connectivity index (χ4n) is 3.19. The number of amides is 1. The molecule has 0 bridgehead atoms. The summed E-state index contributed by atoms with van der Waals surface area (Å²) in [5, 5.41) is 3.69. The highest BCUT2D eigenvalue weighted by molar-refractivity contribution is 6.05. The van der Waals surface area contributed by atoms with Gasteiger partial charge in [0.25, 0.3) is 5.91 Å². The second-order valence-corrected chi connectivity index (χ2v) is 6.62. The van der Waals surface area contributed by atoms with Gasteiger partial charge in [0.2, 0.25) is 0 Å². The van der Waals surface area contributed by atoms with E-state index in [4.69, 9.17) is 9.15 Å². The van der Waals surface area contributed by atoms with Crippen molar-refractivity contribution in [1.82, 2.24) is 9.97 Å². The van der Waals surface area contributed by atoms with Gasteiger partial charge in [-0.1, -0.05) is 31.2 Å². The number of fused-ring (bicyclic) bond motifs is 2. The number of anilines is 1. The smallest absolute Gasteiger partial charge is 0.341 e. The van der Waals surface area contributed by atoms with Crippen molar-refractivity contribution in [1.29, 1.82) is 0 Å². The zero-order chi connectivity index (χ0) is 20.4. The van der Waals surface area contributed by atoms with Gasteiger partial charge in [0.1, 0.15) is 5.52 Å². The Morgan fingerprint density at radius 3 is 2.83 bits per heavy atom. The molecule has 0 spiro atoms. The molecule has 1 atom stereocenters. The van der Waals surface area contributed by atoms with Crippen LogP contribution in [0.5, 0.6) is 0 Å². The molecule has 0 aliphatic rings. The van der Waals surface area contributed by atoms with E-state index >= 15 is 0 Å². The van der Waals surface area contributed by atoms with Crippen molar-refractivity contribution in [2.24, 2.45) is 0 Å². The minimum atomic E-state index is -0.947. The van der Waals surface area contributed by atoms with Crippen molar-refractivity contribution in [2.45, 2.75) is 26.4 Å². The van der Waals surface area contributed by atoms with Crippen molar-refractivity contribution in [3.05, 3.63) is 66.2 Å². The number of aromatic nitrogens is 2. The number of ether oxygens (including phenoxy) is 1. The van der Waals surface area contributed by atoms with E-state index in [9.17, 15) is 9.59 Å². The number of carbonyl (C=O) groups is 2. The van der Waals surface area contributed by atoms with Crippen LogP contribution in [0.3, 0.4) is 0 Å². The summed E-state index contributed by atoms with van der Waals surface area (Å²) in [6.07, 6.45) is 0.647. The van der Waals surface area contributed by atoms with Gasteiger partial charge >= 0.3 is 5.97 Å². The number of nitrogens with one attached hydrogen (secondary N) is 1. The second-order valence-electron chi connectivity index (χ2n) is 6.62. The standard InChI is InChI=1S/C22H19N3O4/c1-3-18(29-22(27)15-8-6-10-19-20(15)23-12-28-19)21(26)25-17-11-13(2)24-16-9-5-4-7-14(16)17/h4-12,18H,3H2,1-2H3,(H,24,25,26). The fourth-order valence-corrected chi connectivity index (χ4v) is 3.19. The molecule has 2 aromatic heterocycles. The fraction of sp³-hybridized carbons (Fsp3) is 0.182. The Kier molecular flexibility index (Phi) is 4.95. The number of pyridine rings is 1. The zero-order valence-corrected chi connectivity index (χ0v) is 16.0. The van der Waals surface area contributed by atoms with Crippen LogP contribution in [0.25, 0.3) is 22.0 Å². The van der Waals surface area contributed by atoms with Gasteiger partial charge in [0, 0.05) is 11.1 Å². The number of carbonyl (C=O) groups excluding carboxylic acids is 2. The third kappa shape index (κ3) is 3.67. The number of benzene rings is 2. The molecule has 0 aliphatic carbocycles. The Morgan fingerprint density at radius 2 is 2.00 bits per heavy atom. The van der Waals surface area contributed by atoms with Crippen LogP contribution in [0.2, 0.25) is 0 Å². The van der Waals surface area contributed by atoms with E-state index in [1.807, 2.05) is 31.2 Å². The molecule has 7 heteroatoms. The first-order chi connectivity index (χ1) is 14.1. The molecule has 146 valence electrons. The van der Waals surface area contributed by atoms with Crippen molar-refractivity contribution < 1.29 is 18.7 Å².